The van der Waals surface area contributed by atoms with Crippen molar-refractivity contribution in [2.45, 2.75) is 6.92 Å². The molecule has 0 radical (unpaired) electrons. The molecule has 0 saturated heterocycles. The minimum Gasteiger partial charge on any atom is -0.165 e. The predicted molar refractivity (Wildman–Crippen MR) is 61.8 cm³/mol. The fraction of sp³-hybridized carbons (Fsp3) is 0.0714. The van der Waals surface area contributed by atoms with Crippen molar-refractivity contribution in [2.75, 3.05) is 0 Å². The minimum atomic E-state index is 0. The van der Waals surface area contributed by atoms with Crippen molar-refractivity contribution >= 4 is 21.5 Å². The summed E-state index contributed by atoms with van der Waals surface area (Å²) in [6.45, 7) is 2.15. The summed E-state index contributed by atoms with van der Waals surface area (Å²) in [4.78, 5) is 0. The fourth-order valence-corrected chi connectivity index (χ4v) is 2.11. The molecular formula is C14H11Zr-. The Hall–Kier alpha value is -0.807. The summed E-state index contributed by atoms with van der Waals surface area (Å²) >= 11 is 0. The Labute approximate surface area is 108 Å². The molecule has 0 aliphatic heterocycles. The summed E-state index contributed by atoms with van der Waals surface area (Å²) in [6.07, 6.45) is 0. The van der Waals surface area contributed by atoms with E-state index in [2.05, 4.69) is 55.5 Å². The van der Waals surface area contributed by atoms with E-state index in [1.54, 1.807) is 0 Å². The molecule has 0 aliphatic carbocycles. The van der Waals surface area contributed by atoms with Crippen LogP contribution in [-0.2, 0) is 26.2 Å². The van der Waals surface area contributed by atoms with Crippen molar-refractivity contribution in [3.63, 3.8) is 0 Å². The van der Waals surface area contributed by atoms with Gasteiger partial charge in [-0.05, 0) is 5.39 Å². The van der Waals surface area contributed by atoms with E-state index in [9.17, 15) is 0 Å². The van der Waals surface area contributed by atoms with Crippen LogP contribution >= 0.6 is 0 Å². The molecular weight excluding hydrogens is 259 g/mol. The zero-order valence-corrected chi connectivity index (χ0v) is 11.1. The first kappa shape index (κ1) is 10.7. The van der Waals surface area contributed by atoms with Gasteiger partial charge in [0.25, 0.3) is 0 Å². The summed E-state index contributed by atoms with van der Waals surface area (Å²) in [6, 6.07) is 17.4. The topological polar surface area (TPSA) is 0 Å². The maximum Gasteiger partial charge on any atom is 0 e. The number of hydrogen-bond acceptors (Lipinski definition) is 0. The number of aryl methyl sites for hydroxylation is 1. The quantitative estimate of drug-likeness (QED) is 0.541. The molecule has 0 aliphatic rings. The summed E-state index contributed by atoms with van der Waals surface area (Å²) in [5, 5.41) is 5.41. The standard InChI is InChI=1S/C14H11.Zr/c1-10-8-12-7-6-11-4-2-3-5-13(11)14(12)9-10;/h2-9H,1H3;/q-1;. The smallest absolute Gasteiger partial charge is 0 e. The van der Waals surface area contributed by atoms with Crippen molar-refractivity contribution in [1.82, 2.24) is 0 Å². The van der Waals surface area contributed by atoms with Crippen LogP contribution in [0.25, 0.3) is 21.5 Å². The Kier molecular flexibility index (Phi) is 2.84. The molecule has 0 unspecified atom stereocenters. The maximum atomic E-state index is 2.26. The van der Waals surface area contributed by atoms with Crippen molar-refractivity contribution < 1.29 is 26.2 Å². The SMILES string of the molecule is Cc1cc2c(ccc3ccccc32)[cH-]1.[Zr]. The second kappa shape index (κ2) is 3.98. The Balaban J connectivity index is 0.000000853. The fourth-order valence-electron chi connectivity index (χ4n) is 2.11. The third-order valence-electron chi connectivity index (χ3n) is 2.76. The van der Waals surface area contributed by atoms with Gasteiger partial charge in [-0.1, -0.05) is 42.6 Å². The largest absolute Gasteiger partial charge is 0.165 e. The van der Waals surface area contributed by atoms with Crippen LogP contribution in [0.15, 0.2) is 48.5 Å². The average molecular weight is 270 g/mol. The molecule has 0 heterocycles. The first-order valence-corrected chi connectivity index (χ1v) is 4.89. The minimum absolute atomic E-state index is 0. The summed E-state index contributed by atoms with van der Waals surface area (Å²) in [7, 11) is 0. The zero-order valence-electron chi connectivity index (χ0n) is 8.62. The van der Waals surface area contributed by atoms with Gasteiger partial charge in [-0.15, -0.1) is 28.5 Å². The van der Waals surface area contributed by atoms with Crippen LogP contribution in [0.2, 0.25) is 0 Å². The normalized spacial score (nSPS) is 10.5. The molecule has 3 rings (SSSR count). The number of fused-ring (bicyclic) bond motifs is 3. The van der Waals surface area contributed by atoms with Crippen LogP contribution in [-0.4, -0.2) is 0 Å². The molecule has 72 valence electrons. The summed E-state index contributed by atoms with van der Waals surface area (Å²) in [5.41, 5.74) is 1.34. The van der Waals surface area contributed by atoms with E-state index in [1.165, 1.54) is 27.1 Å². The van der Waals surface area contributed by atoms with Crippen molar-refractivity contribution in [3.8, 4) is 0 Å². The van der Waals surface area contributed by atoms with Gasteiger partial charge in [0, 0.05) is 26.2 Å². The van der Waals surface area contributed by atoms with E-state index in [0.29, 0.717) is 0 Å². The van der Waals surface area contributed by atoms with Crippen LogP contribution in [0.1, 0.15) is 5.56 Å². The molecule has 0 atom stereocenters. The summed E-state index contributed by atoms with van der Waals surface area (Å²) < 4.78 is 0. The Morgan fingerprint density at radius 3 is 2.60 bits per heavy atom. The number of hydrogen-bond donors (Lipinski definition) is 0. The van der Waals surface area contributed by atoms with Crippen LogP contribution in [0.5, 0.6) is 0 Å². The van der Waals surface area contributed by atoms with Crippen LogP contribution < -0.4 is 0 Å². The molecule has 0 saturated carbocycles. The van der Waals surface area contributed by atoms with Crippen molar-refractivity contribution in [1.29, 1.82) is 0 Å². The van der Waals surface area contributed by atoms with Gasteiger partial charge in [0.1, 0.15) is 0 Å². The molecule has 0 amide bonds. The van der Waals surface area contributed by atoms with Gasteiger partial charge in [0.15, 0.2) is 0 Å². The molecule has 3 aromatic rings. The van der Waals surface area contributed by atoms with E-state index in [0.717, 1.165) is 0 Å². The molecule has 0 spiro atoms. The van der Waals surface area contributed by atoms with Crippen LogP contribution in [0.4, 0.5) is 0 Å². The first-order valence-electron chi connectivity index (χ1n) is 4.89. The van der Waals surface area contributed by atoms with Gasteiger partial charge in [-0.3, -0.25) is 0 Å². The second-order valence-corrected chi connectivity index (χ2v) is 3.82. The van der Waals surface area contributed by atoms with Crippen LogP contribution in [0, 0.1) is 6.92 Å². The third-order valence-corrected chi connectivity index (χ3v) is 2.76. The zero-order chi connectivity index (χ0) is 9.54. The van der Waals surface area contributed by atoms with E-state index >= 15 is 0 Å². The Bertz CT molecular complexity index is 605. The van der Waals surface area contributed by atoms with E-state index in [1.807, 2.05) is 0 Å². The Morgan fingerprint density at radius 1 is 0.933 bits per heavy atom. The van der Waals surface area contributed by atoms with Gasteiger partial charge >= 0.3 is 0 Å². The molecule has 15 heavy (non-hydrogen) atoms. The molecule has 0 fully saturated rings. The van der Waals surface area contributed by atoms with Gasteiger partial charge in [-0.2, -0.15) is 6.07 Å². The molecule has 0 bridgehead atoms. The van der Waals surface area contributed by atoms with Crippen LogP contribution in [0.3, 0.4) is 0 Å². The van der Waals surface area contributed by atoms with Gasteiger partial charge < -0.3 is 0 Å². The van der Waals surface area contributed by atoms with Crippen molar-refractivity contribution in [3.05, 3.63) is 54.1 Å². The molecule has 0 nitrogen and oxygen atoms in total. The van der Waals surface area contributed by atoms with Crippen molar-refractivity contribution in [2.24, 2.45) is 0 Å². The number of rotatable bonds is 0. The average Bonchev–Trinajstić information content (AvgIpc) is 2.59. The molecule has 3 aromatic carbocycles. The van der Waals surface area contributed by atoms with Gasteiger partial charge in [0.2, 0.25) is 0 Å². The molecule has 0 aromatic heterocycles. The number of benzene rings is 2. The van der Waals surface area contributed by atoms with Gasteiger partial charge in [-0.25, -0.2) is 0 Å². The van der Waals surface area contributed by atoms with Gasteiger partial charge in [0.05, 0.1) is 0 Å². The first-order chi connectivity index (χ1) is 6.84. The monoisotopic (exact) mass is 269 g/mol. The van der Waals surface area contributed by atoms with E-state index < -0.39 is 0 Å². The molecule has 1 heteroatoms. The third kappa shape index (κ3) is 1.70. The summed E-state index contributed by atoms with van der Waals surface area (Å²) in [5.74, 6) is 0. The van der Waals surface area contributed by atoms with E-state index in [-0.39, 0.29) is 26.2 Å². The second-order valence-electron chi connectivity index (χ2n) is 3.82. The molecule has 0 N–H and O–H groups in total. The predicted octanol–water partition coefficient (Wildman–Crippen LogP) is 4.02. The van der Waals surface area contributed by atoms with E-state index in [4.69, 9.17) is 0 Å². The maximum absolute atomic E-state index is 2.26. The Morgan fingerprint density at radius 2 is 1.73 bits per heavy atom.